The number of aliphatic hydroxyl groups excluding tert-OH is 1. The first-order valence-corrected chi connectivity index (χ1v) is 6.17. The summed E-state index contributed by atoms with van der Waals surface area (Å²) in [7, 11) is 0. The molecule has 0 aliphatic heterocycles. The van der Waals surface area contributed by atoms with Crippen LogP contribution in [0.2, 0.25) is 5.02 Å². The first-order chi connectivity index (χ1) is 7.66. The first-order valence-electron chi connectivity index (χ1n) is 5.79. The van der Waals surface area contributed by atoms with Gasteiger partial charge in [0.25, 0.3) is 0 Å². The average Bonchev–Trinajstić information content (AvgIpc) is 2.64. The molecule has 1 aliphatic rings. The molecule has 0 amide bonds. The highest BCUT2D eigenvalue weighted by molar-refractivity contribution is 6.30. The zero-order valence-electron chi connectivity index (χ0n) is 9.32. The molecule has 0 aromatic heterocycles. The molecule has 1 aliphatic carbocycles. The number of nitrogens with two attached hydrogens (primary N) is 1. The van der Waals surface area contributed by atoms with E-state index in [2.05, 4.69) is 0 Å². The molecule has 1 saturated carbocycles. The Kier molecular flexibility index (Phi) is 3.53. The Morgan fingerprint density at radius 2 is 2.06 bits per heavy atom. The summed E-state index contributed by atoms with van der Waals surface area (Å²) in [5.74, 6) is 0. The van der Waals surface area contributed by atoms with E-state index in [1.807, 2.05) is 24.3 Å². The van der Waals surface area contributed by atoms with Crippen molar-refractivity contribution < 1.29 is 5.11 Å². The van der Waals surface area contributed by atoms with Gasteiger partial charge in [-0.1, -0.05) is 30.2 Å². The van der Waals surface area contributed by atoms with Gasteiger partial charge in [0.2, 0.25) is 0 Å². The quantitative estimate of drug-likeness (QED) is 0.851. The summed E-state index contributed by atoms with van der Waals surface area (Å²) in [6.07, 6.45) is 3.57. The molecule has 1 aromatic rings. The van der Waals surface area contributed by atoms with Crippen LogP contribution in [-0.4, -0.2) is 17.8 Å². The summed E-state index contributed by atoms with van der Waals surface area (Å²) in [6.45, 7) is 0.552. The molecule has 0 spiro atoms. The third kappa shape index (κ3) is 2.24. The van der Waals surface area contributed by atoms with Crippen molar-refractivity contribution in [2.45, 2.75) is 31.8 Å². The van der Waals surface area contributed by atoms with Gasteiger partial charge in [-0.15, -0.1) is 0 Å². The minimum atomic E-state index is -0.256. The van der Waals surface area contributed by atoms with E-state index < -0.39 is 0 Å². The number of hydrogen-bond donors (Lipinski definition) is 2. The van der Waals surface area contributed by atoms with Gasteiger partial charge < -0.3 is 10.8 Å². The molecule has 88 valence electrons. The van der Waals surface area contributed by atoms with E-state index in [9.17, 15) is 5.11 Å². The molecule has 2 nitrogen and oxygen atoms in total. The third-order valence-corrected chi connectivity index (χ3v) is 3.99. The van der Waals surface area contributed by atoms with Crippen LogP contribution in [0.4, 0.5) is 0 Å². The van der Waals surface area contributed by atoms with E-state index >= 15 is 0 Å². The number of aliphatic hydroxyl groups is 1. The topological polar surface area (TPSA) is 46.2 Å². The van der Waals surface area contributed by atoms with E-state index in [0.29, 0.717) is 6.54 Å². The number of hydrogen-bond acceptors (Lipinski definition) is 2. The first kappa shape index (κ1) is 11.9. The highest BCUT2D eigenvalue weighted by Crippen LogP contribution is 2.40. The summed E-state index contributed by atoms with van der Waals surface area (Å²) < 4.78 is 0. The summed E-state index contributed by atoms with van der Waals surface area (Å²) in [4.78, 5) is 0. The van der Waals surface area contributed by atoms with Crippen molar-refractivity contribution in [1.29, 1.82) is 0 Å². The fourth-order valence-electron chi connectivity index (χ4n) is 2.65. The van der Waals surface area contributed by atoms with Crippen molar-refractivity contribution in [3.8, 4) is 0 Å². The van der Waals surface area contributed by atoms with Crippen molar-refractivity contribution in [3.63, 3.8) is 0 Å². The van der Waals surface area contributed by atoms with E-state index in [0.717, 1.165) is 30.7 Å². The molecule has 3 heteroatoms. The number of halogens is 1. The van der Waals surface area contributed by atoms with Crippen LogP contribution in [-0.2, 0) is 6.42 Å². The van der Waals surface area contributed by atoms with Crippen molar-refractivity contribution in [3.05, 3.63) is 34.9 Å². The lowest BCUT2D eigenvalue weighted by Crippen LogP contribution is -2.39. The number of benzene rings is 1. The molecule has 2 rings (SSSR count). The van der Waals surface area contributed by atoms with Gasteiger partial charge in [-0.2, -0.15) is 0 Å². The van der Waals surface area contributed by atoms with Crippen molar-refractivity contribution in [2.75, 3.05) is 6.54 Å². The Hall–Kier alpha value is -0.570. The van der Waals surface area contributed by atoms with Crippen LogP contribution in [0.5, 0.6) is 0 Å². The van der Waals surface area contributed by atoms with E-state index in [1.165, 1.54) is 5.56 Å². The molecule has 0 heterocycles. The van der Waals surface area contributed by atoms with E-state index in [-0.39, 0.29) is 11.5 Å². The second kappa shape index (κ2) is 4.74. The molecule has 2 unspecified atom stereocenters. The van der Waals surface area contributed by atoms with Gasteiger partial charge in [0.05, 0.1) is 6.10 Å². The average molecular weight is 240 g/mol. The SMILES string of the molecule is NCC1(Cc2ccc(Cl)cc2)CCCC1O. The van der Waals surface area contributed by atoms with Gasteiger partial charge in [0, 0.05) is 17.0 Å². The third-order valence-electron chi connectivity index (χ3n) is 3.74. The summed E-state index contributed by atoms with van der Waals surface area (Å²) in [5, 5.41) is 10.8. The van der Waals surface area contributed by atoms with Gasteiger partial charge in [0.1, 0.15) is 0 Å². The van der Waals surface area contributed by atoms with Crippen molar-refractivity contribution in [2.24, 2.45) is 11.1 Å². The molecule has 16 heavy (non-hydrogen) atoms. The van der Waals surface area contributed by atoms with Gasteiger partial charge in [-0.25, -0.2) is 0 Å². The second-order valence-corrected chi connectivity index (χ2v) is 5.21. The predicted molar refractivity (Wildman–Crippen MR) is 66.5 cm³/mol. The van der Waals surface area contributed by atoms with Gasteiger partial charge in [-0.05, 0) is 37.0 Å². The lowest BCUT2D eigenvalue weighted by Gasteiger charge is -2.31. The van der Waals surface area contributed by atoms with Gasteiger partial charge in [0.15, 0.2) is 0 Å². The zero-order valence-corrected chi connectivity index (χ0v) is 10.1. The molecule has 1 fully saturated rings. The summed E-state index contributed by atoms with van der Waals surface area (Å²) in [6, 6.07) is 7.82. The van der Waals surface area contributed by atoms with E-state index in [4.69, 9.17) is 17.3 Å². The minimum absolute atomic E-state index is 0.117. The highest BCUT2D eigenvalue weighted by Gasteiger charge is 2.40. The minimum Gasteiger partial charge on any atom is -0.392 e. The van der Waals surface area contributed by atoms with Crippen LogP contribution < -0.4 is 5.73 Å². The Morgan fingerprint density at radius 1 is 1.38 bits per heavy atom. The molecular weight excluding hydrogens is 222 g/mol. The Morgan fingerprint density at radius 3 is 2.56 bits per heavy atom. The number of rotatable bonds is 3. The highest BCUT2D eigenvalue weighted by atomic mass is 35.5. The fraction of sp³-hybridized carbons (Fsp3) is 0.538. The summed E-state index contributed by atoms with van der Waals surface area (Å²) >= 11 is 5.85. The molecule has 0 saturated heterocycles. The largest absolute Gasteiger partial charge is 0.392 e. The summed E-state index contributed by atoms with van der Waals surface area (Å²) in [5.41, 5.74) is 6.94. The van der Waals surface area contributed by atoms with Crippen LogP contribution in [0.15, 0.2) is 24.3 Å². The van der Waals surface area contributed by atoms with Gasteiger partial charge in [-0.3, -0.25) is 0 Å². The van der Waals surface area contributed by atoms with Crippen LogP contribution in [0, 0.1) is 5.41 Å². The lowest BCUT2D eigenvalue weighted by atomic mass is 9.78. The molecule has 1 aromatic carbocycles. The van der Waals surface area contributed by atoms with Crippen LogP contribution in [0.1, 0.15) is 24.8 Å². The maximum atomic E-state index is 10.0. The smallest absolute Gasteiger partial charge is 0.0611 e. The standard InChI is InChI=1S/C13H18ClNO/c14-11-5-3-10(4-6-11)8-13(9-15)7-1-2-12(13)16/h3-6,12,16H,1-2,7-9,15H2. The molecule has 3 N–H and O–H groups in total. The molecule has 0 radical (unpaired) electrons. The van der Waals surface area contributed by atoms with Crippen LogP contribution in [0.3, 0.4) is 0 Å². The van der Waals surface area contributed by atoms with Crippen molar-refractivity contribution >= 4 is 11.6 Å². The van der Waals surface area contributed by atoms with E-state index in [1.54, 1.807) is 0 Å². The van der Waals surface area contributed by atoms with Crippen LogP contribution in [0.25, 0.3) is 0 Å². The maximum Gasteiger partial charge on any atom is 0.0611 e. The Bertz CT molecular complexity index is 351. The van der Waals surface area contributed by atoms with Gasteiger partial charge >= 0.3 is 0 Å². The monoisotopic (exact) mass is 239 g/mol. The molecule has 0 bridgehead atoms. The lowest BCUT2D eigenvalue weighted by molar-refractivity contribution is 0.0588. The van der Waals surface area contributed by atoms with Crippen molar-refractivity contribution in [1.82, 2.24) is 0 Å². The Balaban J connectivity index is 2.15. The normalized spacial score (nSPS) is 29.6. The Labute approximate surface area is 101 Å². The second-order valence-electron chi connectivity index (χ2n) is 4.78. The fourth-order valence-corrected chi connectivity index (χ4v) is 2.77. The zero-order chi connectivity index (χ0) is 11.6. The maximum absolute atomic E-state index is 10.0. The van der Waals surface area contributed by atoms with Crippen LogP contribution >= 0.6 is 11.6 Å². The predicted octanol–water partition coefficient (Wildman–Crippen LogP) is 2.37. The molecular formula is C13H18ClNO. The molecule has 2 atom stereocenters.